The minimum atomic E-state index is 0.0677. The lowest BCUT2D eigenvalue weighted by Gasteiger charge is -2.50. The van der Waals surface area contributed by atoms with Crippen molar-refractivity contribution in [2.75, 3.05) is 13.1 Å². The van der Waals surface area contributed by atoms with Crippen molar-refractivity contribution in [1.29, 1.82) is 0 Å². The molecule has 0 saturated carbocycles. The van der Waals surface area contributed by atoms with Gasteiger partial charge in [0.25, 0.3) is 0 Å². The molecule has 0 aromatic carbocycles. The van der Waals surface area contributed by atoms with Crippen LogP contribution in [0, 0.1) is 0 Å². The number of nitrogens with zero attached hydrogens (tertiary/aromatic N) is 2. The van der Waals surface area contributed by atoms with Crippen LogP contribution in [0.4, 0.5) is 0 Å². The van der Waals surface area contributed by atoms with Gasteiger partial charge in [0.05, 0.1) is 0 Å². The minimum Gasteiger partial charge on any atom is -0.340 e. The third kappa shape index (κ3) is 9.09. The molecular weight excluding hydrogens is 420 g/mol. The quantitative estimate of drug-likeness (QED) is 0.394. The average molecular weight is 479 g/mol. The molecule has 2 aliphatic rings. The van der Waals surface area contributed by atoms with E-state index in [1.807, 2.05) is 0 Å². The Morgan fingerprint density at radius 3 is 1.47 bits per heavy atom. The monoisotopic (exact) mass is 478 g/mol. The number of carbonyl (C=O) groups excluding carboxylic acids is 1. The van der Waals surface area contributed by atoms with Gasteiger partial charge in [0.15, 0.2) is 0 Å². The third-order valence-electron chi connectivity index (χ3n) is 7.88. The molecule has 2 heterocycles. The van der Waals surface area contributed by atoms with Crippen LogP contribution in [0.15, 0.2) is 0 Å². The Kier molecular flexibility index (Phi) is 9.72. The van der Waals surface area contributed by atoms with Crippen molar-refractivity contribution in [3.63, 3.8) is 0 Å². The molecule has 2 fully saturated rings. The molecule has 0 spiro atoms. The zero-order valence-electron chi connectivity index (χ0n) is 24.6. The van der Waals surface area contributed by atoms with E-state index in [0.717, 1.165) is 25.8 Å². The highest BCUT2D eigenvalue weighted by Gasteiger charge is 2.41. The van der Waals surface area contributed by atoms with Gasteiger partial charge in [0, 0.05) is 53.7 Å². The van der Waals surface area contributed by atoms with Crippen molar-refractivity contribution in [1.82, 2.24) is 20.4 Å². The predicted molar refractivity (Wildman–Crippen MR) is 146 cm³/mol. The topological polar surface area (TPSA) is 47.6 Å². The molecule has 34 heavy (non-hydrogen) atoms. The average Bonchev–Trinajstić information content (AvgIpc) is 2.57. The maximum atomic E-state index is 12.5. The first kappa shape index (κ1) is 29.6. The summed E-state index contributed by atoms with van der Waals surface area (Å²) in [6.45, 7) is 27.0. The summed E-state index contributed by atoms with van der Waals surface area (Å²) in [4.78, 5) is 17.4. The number of piperidine rings is 2. The zero-order valence-corrected chi connectivity index (χ0v) is 24.6. The molecule has 200 valence electrons. The van der Waals surface area contributed by atoms with Crippen molar-refractivity contribution < 1.29 is 4.79 Å². The van der Waals surface area contributed by atoms with Crippen LogP contribution < -0.4 is 10.6 Å². The molecule has 0 bridgehead atoms. The fourth-order valence-corrected chi connectivity index (χ4v) is 7.38. The Hall–Kier alpha value is -0.650. The molecule has 2 aliphatic heterocycles. The molecule has 0 unspecified atom stereocenters. The fraction of sp³-hybridized carbons (Fsp3) is 0.966. The number of amides is 1. The molecule has 5 heteroatoms. The molecule has 1 amide bonds. The van der Waals surface area contributed by atoms with E-state index in [1.54, 1.807) is 6.92 Å². The molecule has 0 aromatic heterocycles. The van der Waals surface area contributed by atoms with Crippen LogP contribution in [-0.2, 0) is 4.79 Å². The summed E-state index contributed by atoms with van der Waals surface area (Å²) in [6, 6.07) is 1.56. The lowest BCUT2D eigenvalue weighted by molar-refractivity contribution is -0.133. The van der Waals surface area contributed by atoms with Crippen LogP contribution in [-0.4, -0.2) is 69.1 Å². The first-order valence-corrected chi connectivity index (χ1v) is 14.0. The Balaban J connectivity index is 1.83. The van der Waals surface area contributed by atoms with Crippen LogP contribution in [0.25, 0.3) is 0 Å². The van der Waals surface area contributed by atoms with Crippen LogP contribution in [0.1, 0.15) is 128 Å². The summed E-state index contributed by atoms with van der Waals surface area (Å²) < 4.78 is 0. The number of unbranched alkanes of at least 4 members (excludes halogenated alkanes) is 3. The van der Waals surface area contributed by atoms with E-state index in [9.17, 15) is 4.79 Å². The van der Waals surface area contributed by atoms with Gasteiger partial charge in [-0.05, 0) is 114 Å². The van der Waals surface area contributed by atoms with Crippen molar-refractivity contribution in [2.24, 2.45) is 0 Å². The van der Waals surface area contributed by atoms with E-state index in [1.165, 1.54) is 38.6 Å². The van der Waals surface area contributed by atoms with E-state index < -0.39 is 0 Å². The molecular formula is C29H58N4O. The Morgan fingerprint density at radius 1 is 0.706 bits per heavy atom. The van der Waals surface area contributed by atoms with Gasteiger partial charge < -0.3 is 15.5 Å². The Labute approximate surface area is 212 Å². The first-order valence-electron chi connectivity index (χ1n) is 14.0. The zero-order chi connectivity index (χ0) is 25.9. The van der Waals surface area contributed by atoms with Crippen molar-refractivity contribution in [2.45, 2.75) is 168 Å². The maximum absolute atomic E-state index is 12.5. The van der Waals surface area contributed by atoms with Gasteiger partial charge in [-0.2, -0.15) is 0 Å². The van der Waals surface area contributed by atoms with Crippen LogP contribution in [0.2, 0.25) is 0 Å². The van der Waals surface area contributed by atoms with E-state index in [0.29, 0.717) is 18.1 Å². The van der Waals surface area contributed by atoms with E-state index >= 15 is 0 Å². The standard InChI is InChI=1S/C29H58N4O/c1-22(2)32(24-18-26(4,5)30-27(6,7)19-24)16-14-12-13-15-17-33(23(3)34)25-20-28(8,9)31-29(10,11)21-25/h22,24-25,30-31H,12-21H2,1-11H3. The third-order valence-corrected chi connectivity index (χ3v) is 7.88. The SMILES string of the molecule is CC(=O)N(CCCCCCN(C(C)C)C1CC(C)(C)NC(C)(C)C1)C1CC(C)(C)NC(C)(C)C1. The van der Waals surface area contributed by atoms with Crippen LogP contribution >= 0.6 is 0 Å². The minimum absolute atomic E-state index is 0.0677. The van der Waals surface area contributed by atoms with Gasteiger partial charge in [-0.25, -0.2) is 0 Å². The van der Waals surface area contributed by atoms with Crippen LogP contribution in [0.5, 0.6) is 0 Å². The predicted octanol–water partition coefficient (Wildman–Crippen LogP) is 5.72. The molecule has 0 aliphatic carbocycles. The van der Waals surface area contributed by atoms with Gasteiger partial charge in [0.2, 0.25) is 5.91 Å². The highest BCUT2D eigenvalue weighted by atomic mass is 16.2. The lowest BCUT2D eigenvalue weighted by atomic mass is 9.78. The van der Waals surface area contributed by atoms with Crippen molar-refractivity contribution in [3.8, 4) is 0 Å². The maximum Gasteiger partial charge on any atom is 0.219 e. The number of carbonyl (C=O) groups is 1. The first-order chi connectivity index (χ1) is 15.4. The van der Waals surface area contributed by atoms with Crippen LogP contribution in [0.3, 0.4) is 0 Å². The summed E-state index contributed by atoms with van der Waals surface area (Å²) in [5.41, 5.74) is 0.511. The second kappa shape index (κ2) is 11.2. The second-order valence-corrected chi connectivity index (χ2v) is 14.4. The summed E-state index contributed by atoms with van der Waals surface area (Å²) in [7, 11) is 0. The highest BCUT2D eigenvalue weighted by Crippen LogP contribution is 2.33. The molecule has 0 aromatic rings. The molecule has 5 nitrogen and oxygen atoms in total. The number of hydrogen-bond donors (Lipinski definition) is 2. The van der Waals surface area contributed by atoms with Gasteiger partial charge in [-0.1, -0.05) is 12.8 Å². The van der Waals surface area contributed by atoms with Gasteiger partial charge in [-0.15, -0.1) is 0 Å². The number of rotatable bonds is 10. The fourth-order valence-electron chi connectivity index (χ4n) is 7.38. The molecule has 0 radical (unpaired) electrons. The summed E-state index contributed by atoms with van der Waals surface area (Å²) in [5, 5.41) is 7.58. The lowest BCUT2D eigenvalue weighted by Crippen LogP contribution is -2.63. The molecule has 2 saturated heterocycles. The Morgan fingerprint density at radius 2 is 1.09 bits per heavy atom. The largest absolute Gasteiger partial charge is 0.340 e. The van der Waals surface area contributed by atoms with Crippen molar-refractivity contribution in [3.05, 3.63) is 0 Å². The highest BCUT2D eigenvalue weighted by molar-refractivity contribution is 5.73. The molecule has 0 atom stereocenters. The van der Waals surface area contributed by atoms with Gasteiger partial charge in [-0.3, -0.25) is 9.69 Å². The van der Waals surface area contributed by atoms with E-state index in [2.05, 4.69) is 89.7 Å². The van der Waals surface area contributed by atoms with Gasteiger partial charge in [0.1, 0.15) is 0 Å². The van der Waals surface area contributed by atoms with E-state index in [-0.39, 0.29) is 28.1 Å². The van der Waals surface area contributed by atoms with Gasteiger partial charge >= 0.3 is 0 Å². The summed E-state index contributed by atoms with van der Waals surface area (Å²) in [6.07, 6.45) is 9.29. The summed E-state index contributed by atoms with van der Waals surface area (Å²) in [5.74, 6) is 0.237. The second-order valence-electron chi connectivity index (χ2n) is 14.4. The number of nitrogens with one attached hydrogen (secondary N) is 2. The van der Waals surface area contributed by atoms with Crippen molar-refractivity contribution >= 4 is 5.91 Å². The molecule has 2 rings (SSSR count). The Bertz CT molecular complexity index is 635. The number of hydrogen-bond acceptors (Lipinski definition) is 4. The molecule has 2 N–H and O–H groups in total. The summed E-state index contributed by atoms with van der Waals surface area (Å²) >= 11 is 0. The smallest absolute Gasteiger partial charge is 0.219 e. The van der Waals surface area contributed by atoms with E-state index in [4.69, 9.17) is 0 Å². The normalized spacial score (nSPS) is 24.5.